The van der Waals surface area contributed by atoms with E-state index in [2.05, 4.69) is 86.2 Å². The summed E-state index contributed by atoms with van der Waals surface area (Å²) in [6.45, 7) is 4.40. The fourth-order valence-electron chi connectivity index (χ4n) is 3.30. The van der Waals surface area contributed by atoms with Crippen molar-refractivity contribution in [1.29, 1.82) is 0 Å². The van der Waals surface area contributed by atoms with Crippen LogP contribution in [0.2, 0.25) is 0 Å². The maximum atomic E-state index is 2.35. The van der Waals surface area contributed by atoms with E-state index in [1.807, 2.05) is 0 Å². The fraction of sp³-hybridized carbons (Fsp3) is 0.316. The van der Waals surface area contributed by atoms with Crippen molar-refractivity contribution in [1.82, 2.24) is 5.01 Å². The molecule has 1 aliphatic heterocycles. The highest BCUT2D eigenvalue weighted by molar-refractivity contribution is 5.99. The van der Waals surface area contributed by atoms with Gasteiger partial charge in [0.2, 0.25) is 5.71 Å². The van der Waals surface area contributed by atoms with Gasteiger partial charge >= 0.3 is 0 Å². The van der Waals surface area contributed by atoms with E-state index in [1.165, 1.54) is 28.0 Å². The normalized spacial score (nSPS) is 18.5. The second-order valence-corrected chi connectivity index (χ2v) is 5.94. The lowest BCUT2D eigenvalue weighted by molar-refractivity contribution is -0.660. The molecule has 2 aromatic carbocycles. The van der Waals surface area contributed by atoms with E-state index in [0.717, 1.165) is 6.42 Å². The second-order valence-electron chi connectivity index (χ2n) is 5.94. The third-order valence-corrected chi connectivity index (χ3v) is 4.71. The second kappa shape index (κ2) is 5.36. The molecule has 0 saturated carbocycles. The van der Waals surface area contributed by atoms with Gasteiger partial charge in [0.25, 0.3) is 0 Å². The van der Waals surface area contributed by atoms with Crippen LogP contribution in [0.3, 0.4) is 0 Å². The molecule has 1 heterocycles. The van der Waals surface area contributed by atoms with Crippen LogP contribution in [0.1, 0.15) is 34.7 Å². The van der Waals surface area contributed by atoms with Crippen molar-refractivity contribution in [3.05, 3.63) is 70.8 Å². The first-order chi connectivity index (χ1) is 10.1. The van der Waals surface area contributed by atoms with Crippen molar-refractivity contribution in [2.45, 2.75) is 26.3 Å². The van der Waals surface area contributed by atoms with Gasteiger partial charge < -0.3 is 0 Å². The summed E-state index contributed by atoms with van der Waals surface area (Å²) in [5.74, 6) is 0. The predicted octanol–water partition coefficient (Wildman–Crippen LogP) is 3.73. The molecule has 1 atom stereocenters. The topological polar surface area (TPSA) is 6.25 Å². The first-order valence-corrected chi connectivity index (χ1v) is 7.53. The summed E-state index contributed by atoms with van der Waals surface area (Å²) in [5, 5.41) is 2.35. The van der Waals surface area contributed by atoms with E-state index in [0.29, 0.717) is 6.04 Å². The molecule has 2 nitrogen and oxygen atoms in total. The maximum Gasteiger partial charge on any atom is 0.215 e. The standard InChI is InChI=1S/C19H23N2/c1-14-9-5-7-11-16(14)18-13-19(21(4)20(18)3)17-12-8-6-10-15(17)2/h5-12,18H,13H2,1-4H3/q+1. The summed E-state index contributed by atoms with van der Waals surface area (Å²) in [6, 6.07) is 17.8. The Morgan fingerprint density at radius 2 is 1.57 bits per heavy atom. The molecule has 0 aliphatic carbocycles. The zero-order valence-electron chi connectivity index (χ0n) is 13.3. The molecule has 0 fully saturated rings. The number of hydrazine groups is 1. The van der Waals surface area contributed by atoms with Crippen LogP contribution in [0.15, 0.2) is 48.5 Å². The molecule has 1 unspecified atom stereocenters. The Labute approximate surface area is 127 Å². The summed E-state index contributed by atoms with van der Waals surface area (Å²) >= 11 is 0. The number of rotatable bonds is 2. The molecule has 108 valence electrons. The molecule has 0 saturated heterocycles. The quantitative estimate of drug-likeness (QED) is 0.759. The minimum absolute atomic E-state index is 0.422. The Morgan fingerprint density at radius 3 is 2.24 bits per heavy atom. The van der Waals surface area contributed by atoms with Crippen LogP contribution in [0.25, 0.3) is 0 Å². The van der Waals surface area contributed by atoms with Gasteiger partial charge in [-0.15, -0.1) is 4.68 Å². The molecule has 0 aromatic heterocycles. The van der Waals surface area contributed by atoms with Crippen molar-refractivity contribution in [3.8, 4) is 0 Å². The molecule has 0 N–H and O–H groups in total. The van der Waals surface area contributed by atoms with Gasteiger partial charge in [0.05, 0.1) is 13.5 Å². The van der Waals surface area contributed by atoms with Crippen molar-refractivity contribution in [3.63, 3.8) is 0 Å². The summed E-state index contributed by atoms with van der Waals surface area (Å²) in [4.78, 5) is 0. The number of aryl methyl sites for hydroxylation is 2. The molecular formula is C19H23N2+. The van der Waals surface area contributed by atoms with Crippen LogP contribution in [0, 0.1) is 13.8 Å². The minimum Gasteiger partial charge on any atom is -0.181 e. The van der Waals surface area contributed by atoms with Crippen molar-refractivity contribution in [2.24, 2.45) is 0 Å². The predicted molar refractivity (Wildman–Crippen MR) is 87.8 cm³/mol. The van der Waals surface area contributed by atoms with Crippen LogP contribution < -0.4 is 0 Å². The molecule has 1 aliphatic rings. The monoisotopic (exact) mass is 279 g/mol. The number of hydrogen-bond donors (Lipinski definition) is 0. The molecule has 0 bridgehead atoms. The SMILES string of the molecule is Cc1ccccc1C1=[N+](C)N(C)C(c2ccccc2C)C1. The van der Waals surface area contributed by atoms with Gasteiger partial charge in [0.1, 0.15) is 6.04 Å². The Balaban J connectivity index is 2.00. The molecule has 21 heavy (non-hydrogen) atoms. The summed E-state index contributed by atoms with van der Waals surface area (Å²) < 4.78 is 2.30. The number of benzene rings is 2. The number of hydrazone groups is 1. The number of hydrogen-bond acceptors (Lipinski definition) is 1. The first-order valence-electron chi connectivity index (χ1n) is 7.53. The Bertz CT molecular complexity index is 700. The Morgan fingerprint density at radius 1 is 0.952 bits per heavy atom. The Kier molecular flexibility index (Phi) is 3.54. The van der Waals surface area contributed by atoms with E-state index < -0.39 is 0 Å². The van der Waals surface area contributed by atoms with Crippen LogP contribution in [-0.2, 0) is 0 Å². The van der Waals surface area contributed by atoms with Crippen LogP contribution in [0.5, 0.6) is 0 Å². The van der Waals surface area contributed by atoms with E-state index in [1.54, 1.807) is 0 Å². The lowest BCUT2D eigenvalue weighted by atomic mass is 9.94. The third kappa shape index (κ3) is 2.35. The summed E-state index contributed by atoms with van der Waals surface area (Å²) in [7, 11) is 4.35. The molecule has 3 rings (SSSR count). The minimum atomic E-state index is 0.422. The van der Waals surface area contributed by atoms with Gasteiger partial charge in [-0.2, -0.15) is 5.01 Å². The smallest absolute Gasteiger partial charge is 0.181 e. The zero-order valence-corrected chi connectivity index (χ0v) is 13.3. The molecular weight excluding hydrogens is 256 g/mol. The fourth-order valence-corrected chi connectivity index (χ4v) is 3.30. The Hall–Kier alpha value is -2.09. The van der Waals surface area contributed by atoms with Crippen LogP contribution >= 0.6 is 0 Å². The first kappa shape index (κ1) is 13.9. The van der Waals surface area contributed by atoms with Gasteiger partial charge in [-0.1, -0.05) is 42.5 Å². The highest BCUT2D eigenvalue weighted by Gasteiger charge is 2.37. The average Bonchev–Trinajstić information content (AvgIpc) is 2.77. The molecule has 0 spiro atoms. The maximum absolute atomic E-state index is 2.35. The highest BCUT2D eigenvalue weighted by Crippen LogP contribution is 2.32. The largest absolute Gasteiger partial charge is 0.215 e. The summed E-state index contributed by atoms with van der Waals surface area (Å²) in [5.41, 5.74) is 6.91. The van der Waals surface area contributed by atoms with E-state index in [9.17, 15) is 0 Å². The van der Waals surface area contributed by atoms with Crippen LogP contribution in [-0.4, -0.2) is 29.5 Å². The molecule has 0 amide bonds. The van der Waals surface area contributed by atoms with Gasteiger partial charge in [-0.05, 0) is 36.6 Å². The number of nitrogens with zero attached hydrogens (tertiary/aromatic N) is 2. The van der Waals surface area contributed by atoms with Gasteiger partial charge in [0.15, 0.2) is 7.05 Å². The molecule has 0 radical (unpaired) electrons. The van der Waals surface area contributed by atoms with Gasteiger partial charge in [-0.25, -0.2) is 0 Å². The van der Waals surface area contributed by atoms with Gasteiger partial charge in [-0.3, -0.25) is 0 Å². The van der Waals surface area contributed by atoms with Gasteiger partial charge in [0, 0.05) is 5.56 Å². The zero-order chi connectivity index (χ0) is 15.0. The highest BCUT2D eigenvalue weighted by atomic mass is 15.6. The van der Waals surface area contributed by atoms with E-state index >= 15 is 0 Å². The summed E-state index contributed by atoms with van der Waals surface area (Å²) in [6.07, 6.45) is 1.06. The van der Waals surface area contributed by atoms with Crippen molar-refractivity contribution in [2.75, 3.05) is 14.1 Å². The van der Waals surface area contributed by atoms with Crippen molar-refractivity contribution >= 4 is 5.71 Å². The van der Waals surface area contributed by atoms with Crippen molar-refractivity contribution < 1.29 is 4.68 Å². The van der Waals surface area contributed by atoms with E-state index in [4.69, 9.17) is 0 Å². The average molecular weight is 279 g/mol. The van der Waals surface area contributed by atoms with Crippen LogP contribution in [0.4, 0.5) is 0 Å². The lowest BCUT2D eigenvalue weighted by Crippen LogP contribution is -2.28. The lowest BCUT2D eigenvalue weighted by Gasteiger charge is -2.19. The molecule has 2 heteroatoms. The molecule has 2 aromatic rings. The van der Waals surface area contributed by atoms with E-state index in [-0.39, 0.29) is 0 Å². The third-order valence-electron chi connectivity index (χ3n) is 4.71.